The van der Waals surface area contributed by atoms with E-state index in [1.54, 1.807) is 12.4 Å². The maximum atomic E-state index is 6.02. The molecule has 0 spiro atoms. The maximum absolute atomic E-state index is 6.02. The fourth-order valence-electron chi connectivity index (χ4n) is 1.88. The summed E-state index contributed by atoms with van der Waals surface area (Å²) >= 11 is 0. The molecule has 2 aromatic heterocycles. The van der Waals surface area contributed by atoms with Crippen LogP contribution in [0.3, 0.4) is 0 Å². The third kappa shape index (κ3) is 1.04. The van der Waals surface area contributed by atoms with Gasteiger partial charge in [0, 0.05) is 32.5 Å². The SMILES string of the molecule is CN1CCn2c1nc(-c1ncc[nH]1)c2N. The minimum atomic E-state index is 0.685. The molecule has 3 heterocycles. The van der Waals surface area contributed by atoms with Gasteiger partial charge < -0.3 is 15.6 Å². The number of nitrogen functional groups attached to an aromatic ring is 1. The van der Waals surface area contributed by atoms with Gasteiger partial charge in [-0.3, -0.25) is 4.57 Å². The standard InChI is InChI=1S/C9H12N6/c1-14-4-5-15-7(10)6(13-9(14)15)8-11-2-3-12-8/h2-3H,4-5,10H2,1H3,(H,11,12). The molecule has 0 aromatic carbocycles. The average molecular weight is 204 g/mol. The van der Waals surface area contributed by atoms with Gasteiger partial charge in [0.25, 0.3) is 0 Å². The van der Waals surface area contributed by atoms with E-state index in [1.807, 2.05) is 11.6 Å². The lowest BCUT2D eigenvalue weighted by atomic mass is 10.4. The Hall–Kier alpha value is -1.98. The Bertz CT molecular complexity index is 483. The highest BCUT2D eigenvalue weighted by Gasteiger charge is 2.24. The first-order chi connectivity index (χ1) is 7.27. The number of likely N-dealkylation sites (N-methyl/N-ethyl adjacent to an activating group) is 1. The van der Waals surface area contributed by atoms with E-state index in [0.717, 1.165) is 30.6 Å². The highest BCUT2D eigenvalue weighted by molar-refractivity contribution is 5.69. The zero-order valence-electron chi connectivity index (χ0n) is 8.44. The lowest BCUT2D eigenvalue weighted by Gasteiger charge is -2.05. The number of imidazole rings is 2. The summed E-state index contributed by atoms with van der Waals surface area (Å²) in [6, 6.07) is 0. The van der Waals surface area contributed by atoms with Crippen LogP contribution >= 0.6 is 0 Å². The second-order valence-corrected chi connectivity index (χ2v) is 3.66. The molecule has 0 bridgehead atoms. The third-order valence-electron chi connectivity index (χ3n) is 2.71. The van der Waals surface area contributed by atoms with E-state index in [-0.39, 0.29) is 0 Å². The minimum Gasteiger partial charge on any atom is -0.383 e. The number of nitrogens with two attached hydrogens (primary N) is 1. The van der Waals surface area contributed by atoms with Crippen molar-refractivity contribution >= 4 is 11.8 Å². The van der Waals surface area contributed by atoms with Crippen LogP contribution in [0.4, 0.5) is 11.8 Å². The summed E-state index contributed by atoms with van der Waals surface area (Å²) in [6.45, 7) is 1.86. The van der Waals surface area contributed by atoms with Crippen LogP contribution in [0.5, 0.6) is 0 Å². The highest BCUT2D eigenvalue weighted by Crippen LogP contribution is 2.30. The summed E-state index contributed by atoms with van der Waals surface area (Å²) in [4.78, 5) is 13.7. The maximum Gasteiger partial charge on any atom is 0.207 e. The van der Waals surface area contributed by atoms with Crippen molar-refractivity contribution in [1.29, 1.82) is 0 Å². The molecule has 1 aliphatic heterocycles. The number of hydrogen-bond donors (Lipinski definition) is 2. The number of aromatic nitrogens is 4. The Morgan fingerprint density at radius 3 is 3.00 bits per heavy atom. The second kappa shape index (κ2) is 2.75. The van der Waals surface area contributed by atoms with E-state index in [2.05, 4.69) is 19.9 Å². The van der Waals surface area contributed by atoms with Crippen LogP contribution in [-0.4, -0.2) is 33.1 Å². The van der Waals surface area contributed by atoms with Gasteiger partial charge in [0.15, 0.2) is 5.82 Å². The van der Waals surface area contributed by atoms with Gasteiger partial charge in [-0.1, -0.05) is 0 Å². The smallest absolute Gasteiger partial charge is 0.207 e. The zero-order valence-corrected chi connectivity index (χ0v) is 8.44. The number of anilines is 2. The number of nitrogens with one attached hydrogen (secondary N) is 1. The molecule has 6 heteroatoms. The molecular formula is C9H12N6. The van der Waals surface area contributed by atoms with Crippen LogP contribution in [0, 0.1) is 0 Å². The molecule has 0 amide bonds. The zero-order chi connectivity index (χ0) is 10.4. The first kappa shape index (κ1) is 8.34. The average Bonchev–Trinajstić information content (AvgIpc) is 2.87. The molecule has 0 fully saturated rings. The highest BCUT2D eigenvalue weighted by atomic mass is 15.4. The normalized spacial score (nSPS) is 14.6. The van der Waals surface area contributed by atoms with Crippen LogP contribution in [-0.2, 0) is 6.54 Å². The van der Waals surface area contributed by atoms with Crippen molar-refractivity contribution in [2.75, 3.05) is 24.2 Å². The fraction of sp³-hybridized carbons (Fsp3) is 0.333. The van der Waals surface area contributed by atoms with Gasteiger partial charge in [0.2, 0.25) is 5.95 Å². The van der Waals surface area contributed by atoms with Crippen molar-refractivity contribution in [1.82, 2.24) is 19.5 Å². The molecule has 2 aromatic rings. The topological polar surface area (TPSA) is 75.8 Å². The van der Waals surface area contributed by atoms with Gasteiger partial charge in [0.1, 0.15) is 11.5 Å². The Labute approximate surface area is 86.7 Å². The van der Waals surface area contributed by atoms with E-state index in [1.165, 1.54) is 0 Å². The number of H-pyrrole nitrogens is 1. The summed E-state index contributed by atoms with van der Waals surface area (Å²) in [5.41, 5.74) is 6.76. The van der Waals surface area contributed by atoms with Gasteiger partial charge in [-0.05, 0) is 0 Å². The molecule has 0 atom stereocenters. The van der Waals surface area contributed by atoms with E-state index in [0.29, 0.717) is 5.82 Å². The first-order valence-corrected chi connectivity index (χ1v) is 4.84. The molecule has 0 saturated heterocycles. The van der Waals surface area contributed by atoms with Gasteiger partial charge in [-0.25, -0.2) is 9.97 Å². The third-order valence-corrected chi connectivity index (χ3v) is 2.71. The Morgan fingerprint density at radius 2 is 2.33 bits per heavy atom. The predicted octanol–water partition coefficient (Wildman–Crippen LogP) is 0.305. The molecule has 0 saturated carbocycles. The second-order valence-electron chi connectivity index (χ2n) is 3.66. The Balaban J connectivity index is 2.16. The van der Waals surface area contributed by atoms with Crippen LogP contribution in [0.1, 0.15) is 0 Å². The predicted molar refractivity (Wildman–Crippen MR) is 57.5 cm³/mol. The monoisotopic (exact) mass is 204 g/mol. The van der Waals surface area contributed by atoms with Gasteiger partial charge in [-0.15, -0.1) is 0 Å². The van der Waals surface area contributed by atoms with Gasteiger partial charge in [-0.2, -0.15) is 0 Å². The lowest BCUT2D eigenvalue weighted by molar-refractivity contribution is 0.804. The number of rotatable bonds is 1. The first-order valence-electron chi connectivity index (χ1n) is 4.84. The molecule has 1 aliphatic rings. The number of aromatic amines is 1. The van der Waals surface area contributed by atoms with Crippen LogP contribution in [0.2, 0.25) is 0 Å². The number of nitrogens with zero attached hydrogens (tertiary/aromatic N) is 4. The fourth-order valence-corrected chi connectivity index (χ4v) is 1.88. The van der Waals surface area contributed by atoms with Crippen molar-refractivity contribution in [2.45, 2.75) is 6.54 Å². The quantitative estimate of drug-likeness (QED) is 0.700. The van der Waals surface area contributed by atoms with E-state index < -0.39 is 0 Å². The molecule has 0 unspecified atom stereocenters. The van der Waals surface area contributed by atoms with Gasteiger partial charge in [0.05, 0.1) is 0 Å². The molecule has 78 valence electrons. The summed E-state index contributed by atoms with van der Waals surface area (Å²) in [5, 5.41) is 0. The van der Waals surface area contributed by atoms with Crippen molar-refractivity contribution in [2.24, 2.45) is 0 Å². The van der Waals surface area contributed by atoms with Gasteiger partial charge >= 0.3 is 0 Å². The van der Waals surface area contributed by atoms with E-state index in [9.17, 15) is 0 Å². The lowest BCUT2D eigenvalue weighted by Crippen LogP contribution is -2.13. The summed E-state index contributed by atoms with van der Waals surface area (Å²) in [6.07, 6.45) is 3.46. The van der Waals surface area contributed by atoms with Crippen molar-refractivity contribution in [3.8, 4) is 11.5 Å². The molecule has 0 aliphatic carbocycles. The van der Waals surface area contributed by atoms with Crippen LogP contribution in [0.15, 0.2) is 12.4 Å². The number of fused-ring (bicyclic) bond motifs is 1. The summed E-state index contributed by atoms with van der Waals surface area (Å²) < 4.78 is 2.01. The van der Waals surface area contributed by atoms with Crippen molar-refractivity contribution < 1.29 is 0 Å². The molecule has 15 heavy (non-hydrogen) atoms. The van der Waals surface area contributed by atoms with Crippen molar-refractivity contribution in [3.63, 3.8) is 0 Å². The summed E-state index contributed by atoms with van der Waals surface area (Å²) in [5.74, 6) is 2.33. The molecule has 6 nitrogen and oxygen atoms in total. The van der Waals surface area contributed by atoms with E-state index in [4.69, 9.17) is 5.73 Å². The van der Waals surface area contributed by atoms with E-state index >= 15 is 0 Å². The molecular weight excluding hydrogens is 192 g/mol. The molecule has 3 rings (SSSR count). The minimum absolute atomic E-state index is 0.685. The number of hydrogen-bond acceptors (Lipinski definition) is 4. The Kier molecular flexibility index (Phi) is 1.53. The molecule has 3 N–H and O–H groups in total. The molecule has 0 radical (unpaired) electrons. The largest absolute Gasteiger partial charge is 0.383 e. The van der Waals surface area contributed by atoms with Crippen LogP contribution < -0.4 is 10.6 Å². The Morgan fingerprint density at radius 1 is 1.47 bits per heavy atom. The summed E-state index contributed by atoms with van der Waals surface area (Å²) in [7, 11) is 2.01. The van der Waals surface area contributed by atoms with Crippen molar-refractivity contribution in [3.05, 3.63) is 12.4 Å². The van der Waals surface area contributed by atoms with Crippen LogP contribution in [0.25, 0.3) is 11.5 Å².